The number of halogens is 1. The van der Waals surface area contributed by atoms with Gasteiger partial charge in [-0.25, -0.2) is 4.39 Å². The predicted molar refractivity (Wildman–Crippen MR) is 87.2 cm³/mol. The molecule has 126 valence electrons. The fourth-order valence-corrected chi connectivity index (χ4v) is 2.97. The second-order valence-electron chi connectivity index (χ2n) is 5.80. The van der Waals surface area contributed by atoms with E-state index in [0.29, 0.717) is 22.7 Å². The predicted octanol–water partition coefficient (Wildman–Crippen LogP) is 1.61. The van der Waals surface area contributed by atoms with Crippen molar-refractivity contribution in [2.45, 2.75) is 18.9 Å². The Kier molecular flexibility index (Phi) is 3.64. The molecule has 0 bridgehead atoms. The van der Waals surface area contributed by atoms with Gasteiger partial charge in [0.05, 0.1) is 12.5 Å². The van der Waals surface area contributed by atoms with Gasteiger partial charge in [-0.2, -0.15) is 0 Å². The van der Waals surface area contributed by atoms with Crippen molar-refractivity contribution in [1.29, 1.82) is 0 Å². The molecule has 1 aromatic carbocycles. The average molecular weight is 339 g/mol. The molecule has 2 amide bonds. The Labute approximate surface area is 141 Å². The van der Waals surface area contributed by atoms with Gasteiger partial charge in [0.15, 0.2) is 11.5 Å². The quantitative estimate of drug-likeness (QED) is 0.759. The molecule has 4 rings (SSSR count). The maximum Gasteiger partial charge on any atom is 0.228 e. The Hall–Kier alpha value is -3.29. The molecule has 1 atom stereocenters. The summed E-state index contributed by atoms with van der Waals surface area (Å²) in [5.41, 5.74) is 1.62. The van der Waals surface area contributed by atoms with E-state index in [0.717, 1.165) is 0 Å². The van der Waals surface area contributed by atoms with E-state index < -0.39 is 11.7 Å². The standard InChI is InChI=1S/C17H14FN5O2/c18-10-4-5-11-12(8-16(24)20-13(11)7-10)17(25)19-9-15-22-21-14-3-1-2-6-23(14)15/h1-7,12H,8-9H2,(H,19,25)(H,20,24). The minimum Gasteiger partial charge on any atom is -0.348 e. The number of nitrogens with one attached hydrogen (secondary N) is 2. The first-order valence-corrected chi connectivity index (χ1v) is 7.77. The van der Waals surface area contributed by atoms with Crippen LogP contribution in [0.15, 0.2) is 42.6 Å². The van der Waals surface area contributed by atoms with Gasteiger partial charge in [0, 0.05) is 18.3 Å². The van der Waals surface area contributed by atoms with E-state index >= 15 is 0 Å². The van der Waals surface area contributed by atoms with Crippen LogP contribution >= 0.6 is 0 Å². The molecule has 0 saturated heterocycles. The summed E-state index contributed by atoms with van der Waals surface area (Å²) < 4.78 is 15.1. The highest BCUT2D eigenvalue weighted by molar-refractivity contribution is 6.01. The minimum atomic E-state index is -0.663. The zero-order valence-electron chi connectivity index (χ0n) is 13.1. The largest absolute Gasteiger partial charge is 0.348 e. The summed E-state index contributed by atoms with van der Waals surface area (Å²) in [5.74, 6) is -1.16. The Morgan fingerprint density at radius 1 is 1.32 bits per heavy atom. The second kappa shape index (κ2) is 5.97. The summed E-state index contributed by atoms with van der Waals surface area (Å²) in [6, 6.07) is 9.54. The van der Waals surface area contributed by atoms with Crippen molar-refractivity contribution in [3.05, 3.63) is 59.8 Å². The molecule has 0 fully saturated rings. The van der Waals surface area contributed by atoms with Gasteiger partial charge in [-0.15, -0.1) is 10.2 Å². The lowest BCUT2D eigenvalue weighted by molar-refractivity contribution is -0.126. The number of benzene rings is 1. The van der Waals surface area contributed by atoms with E-state index in [4.69, 9.17) is 0 Å². The highest BCUT2D eigenvalue weighted by Gasteiger charge is 2.30. The van der Waals surface area contributed by atoms with Crippen LogP contribution < -0.4 is 10.6 Å². The van der Waals surface area contributed by atoms with Gasteiger partial charge in [0.25, 0.3) is 0 Å². The summed E-state index contributed by atoms with van der Waals surface area (Å²) in [6.45, 7) is 0.179. The molecule has 7 nitrogen and oxygen atoms in total. The number of aromatic nitrogens is 3. The number of nitrogens with zero attached hydrogens (tertiary/aromatic N) is 3. The highest BCUT2D eigenvalue weighted by Crippen LogP contribution is 2.32. The zero-order chi connectivity index (χ0) is 17.4. The van der Waals surface area contributed by atoms with Gasteiger partial charge in [-0.1, -0.05) is 12.1 Å². The van der Waals surface area contributed by atoms with Gasteiger partial charge in [0.2, 0.25) is 11.8 Å². The number of rotatable bonds is 3. The molecule has 3 heterocycles. The van der Waals surface area contributed by atoms with Crippen molar-refractivity contribution < 1.29 is 14.0 Å². The monoisotopic (exact) mass is 339 g/mol. The Balaban J connectivity index is 1.54. The van der Waals surface area contributed by atoms with Crippen molar-refractivity contribution in [2.24, 2.45) is 0 Å². The van der Waals surface area contributed by atoms with E-state index in [1.165, 1.54) is 18.2 Å². The summed E-state index contributed by atoms with van der Waals surface area (Å²) >= 11 is 0. The molecule has 1 aliphatic heterocycles. The topological polar surface area (TPSA) is 88.4 Å². The van der Waals surface area contributed by atoms with E-state index in [-0.39, 0.29) is 24.8 Å². The molecular formula is C17H14FN5O2. The third-order valence-corrected chi connectivity index (χ3v) is 4.18. The number of hydrogen-bond acceptors (Lipinski definition) is 4. The first kappa shape index (κ1) is 15.3. The third-order valence-electron chi connectivity index (χ3n) is 4.18. The van der Waals surface area contributed by atoms with Crippen molar-refractivity contribution in [3.63, 3.8) is 0 Å². The molecule has 1 aliphatic rings. The Morgan fingerprint density at radius 3 is 3.08 bits per heavy atom. The van der Waals surface area contributed by atoms with E-state index in [1.54, 1.807) is 4.40 Å². The lowest BCUT2D eigenvalue weighted by atomic mass is 9.89. The number of fused-ring (bicyclic) bond motifs is 2. The minimum absolute atomic E-state index is 0.0189. The van der Waals surface area contributed by atoms with Gasteiger partial charge < -0.3 is 10.6 Å². The maximum absolute atomic E-state index is 13.4. The van der Waals surface area contributed by atoms with Crippen LogP contribution in [0.4, 0.5) is 10.1 Å². The number of pyridine rings is 1. The lowest BCUT2D eigenvalue weighted by Gasteiger charge is -2.24. The fraction of sp³-hybridized carbons (Fsp3) is 0.176. The molecule has 2 aromatic heterocycles. The molecule has 0 saturated carbocycles. The maximum atomic E-state index is 13.4. The molecule has 3 aromatic rings. The molecule has 0 spiro atoms. The third kappa shape index (κ3) is 2.82. The molecule has 2 N–H and O–H groups in total. The molecular weight excluding hydrogens is 325 g/mol. The number of carbonyl (C=O) groups is 2. The van der Waals surface area contributed by atoms with Crippen LogP contribution in [0.25, 0.3) is 5.65 Å². The van der Waals surface area contributed by atoms with Crippen molar-refractivity contribution in [2.75, 3.05) is 5.32 Å². The van der Waals surface area contributed by atoms with Crippen molar-refractivity contribution in [3.8, 4) is 0 Å². The van der Waals surface area contributed by atoms with E-state index in [1.807, 2.05) is 24.4 Å². The van der Waals surface area contributed by atoms with E-state index in [9.17, 15) is 14.0 Å². The summed E-state index contributed by atoms with van der Waals surface area (Å²) in [6.07, 6.45) is 1.83. The van der Waals surface area contributed by atoms with Gasteiger partial charge in [0.1, 0.15) is 5.82 Å². The molecule has 8 heteroatoms. The number of hydrogen-bond donors (Lipinski definition) is 2. The lowest BCUT2D eigenvalue weighted by Crippen LogP contribution is -2.35. The highest BCUT2D eigenvalue weighted by atomic mass is 19.1. The summed E-state index contributed by atoms with van der Waals surface area (Å²) in [7, 11) is 0. The van der Waals surface area contributed by atoms with E-state index in [2.05, 4.69) is 20.8 Å². The van der Waals surface area contributed by atoms with Crippen LogP contribution in [0.3, 0.4) is 0 Å². The van der Waals surface area contributed by atoms with Crippen molar-refractivity contribution >= 4 is 23.1 Å². The molecule has 1 unspecified atom stereocenters. The SMILES string of the molecule is O=C1CC(C(=O)NCc2nnc3ccccn23)c2ccc(F)cc2N1. The Bertz CT molecular complexity index is 984. The second-order valence-corrected chi connectivity index (χ2v) is 5.80. The van der Waals surface area contributed by atoms with Gasteiger partial charge >= 0.3 is 0 Å². The van der Waals surface area contributed by atoms with Gasteiger partial charge in [-0.3, -0.25) is 14.0 Å². The Morgan fingerprint density at radius 2 is 2.20 bits per heavy atom. The smallest absolute Gasteiger partial charge is 0.228 e. The van der Waals surface area contributed by atoms with Crippen LogP contribution in [0.1, 0.15) is 23.7 Å². The first-order valence-electron chi connectivity index (χ1n) is 7.77. The van der Waals surface area contributed by atoms with Crippen LogP contribution in [-0.4, -0.2) is 26.4 Å². The number of anilines is 1. The van der Waals surface area contributed by atoms with Gasteiger partial charge in [-0.05, 0) is 29.8 Å². The van der Waals surface area contributed by atoms with Crippen LogP contribution in [0, 0.1) is 5.82 Å². The summed E-state index contributed by atoms with van der Waals surface area (Å²) in [5, 5.41) is 13.5. The summed E-state index contributed by atoms with van der Waals surface area (Å²) in [4.78, 5) is 24.4. The van der Waals surface area contributed by atoms with Crippen LogP contribution in [-0.2, 0) is 16.1 Å². The number of amides is 2. The average Bonchev–Trinajstić information content (AvgIpc) is 3.01. The molecule has 0 radical (unpaired) electrons. The number of carbonyl (C=O) groups excluding carboxylic acids is 2. The first-order chi connectivity index (χ1) is 12.1. The fourth-order valence-electron chi connectivity index (χ4n) is 2.97. The normalized spacial score (nSPS) is 16.4. The van der Waals surface area contributed by atoms with Crippen molar-refractivity contribution in [1.82, 2.24) is 19.9 Å². The van der Waals surface area contributed by atoms with Crippen LogP contribution in [0.5, 0.6) is 0 Å². The molecule has 25 heavy (non-hydrogen) atoms. The molecule has 0 aliphatic carbocycles. The van der Waals surface area contributed by atoms with Crippen LogP contribution in [0.2, 0.25) is 0 Å². The zero-order valence-corrected chi connectivity index (χ0v) is 13.1.